The minimum atomic E-state index is 0.148. The maximum Gasteiger partial charge on any atom is 0.236 e. The molecule has 0 bridgehead atoms. The lowest BCUT2D eigenvalue weighted by Gasteiger charge is -2.25. The van der Waals surface area contributed by atoms with Gasteiger partial charge >= 0.3 is 0 Å². The van der Waals surface area contributed by atoms with Crippen LogP contribution in [0.4, 0.5) is 0 Å². The summed E-state index contributed by atoms with van der Waals surface area (Å²) in [6.45, 7) is 1.01. The van der Waals surface area contributed by atoms with E-state index in [0.29, 0.717) is 19.1 Å². The standard InChI is InChI=1S/C17H24N4O/c1-20(13-7-3-4-8-13)12-17(22)21(2)11-16-18-14-9-5-6-10-15(14)19-16/h5-6,9-10,13H,3-4,7-8,11-12H2,1-2H3,(H,18,19). The second-order valence-electron chi connectivity index (χ2n) is 6.30. The Balaban J connectivity index is 1.58. The second-order valence-corrected chi connectivity index (χ2v) is 6.30. The number of aromatic amines is 1. The Bertz CT molecular complexity index is 612. The van der Waals surface area contributed by atoms with Gasteiger partial charge in [0.05, 0.1) is 24.1 Å². The summed E-state index contributed by atoms with van der Waals surface area (Å²) in [5, 5.41) is 0. The molecule has 1 aromatic heterocycles. The van der Waals surface area contributed by atoms with E-state index in [9.17, 15) is 4.79 Å². The zero-order chi connectivity index (χ0) is 15.5. The lowest BCUT2D eigenvalue weighted by molar-refractivity contribution is -0.131. The highest BCUT2D eigenvalue weighted by Gasteiger charge is 2.22. The average Bonchev–Trinajstić information content (AvgIpc) is 3.15. The molecule has 1 fully saturated rings. The lowest BCUT2D eigenvalue weighted by Crippen LogP contribution is -2.40. The van der Waals surface area contributed by atoms with Crippen LogP contribution in [-0.4, -0.2) is 52.4 Å². The van der Waals surface area contributed by atoms with E-state index in [1.54, 1.807) is 4.90 Å². The highest BCUT2D eigenvalue weighted by molar-refractivity contribution is 5.78. The number of amides is 1. The first kappa shape index (κ1) is 15.0. The summed E-state index contributed by atoms with van der Waals surface area (Å²) in [7, 11) is 3.90. The third-order valence-electron chi connectivity index (χ3n) is 4.58. The molecule has 3 rings (SSSR count). The number of hydrogen-bond acceptors (Lipinski definition) is 3. The number of fused-ring (bicyclic) bond motifs is 1. The topological polar surface area (TPSA) is 52.2 Å². The largest absolute Gasteiger partial charge is 0.340 e. The number of imidazole rings is 1. The molecule has 1 aliphatic rings. The Hall–Kier alpha value is -1.88. The number of carbonyl (C=O) groups excluding carboxylic acids is 1. The molecule has 0 atom stereocenters. The summed E-state index contributed by atoms with van der Waals surface area (Å²) in [4.78, 5) is 24.1. The summed E-state index contributed by atoms with van der Waals surface area (Å²) in [5.74, 6) is 0.982. The normalized spacial score (nSPS) is 15.8. The van der Waals surface area contributed by atoms with Crippen molar-refractivity contribution in [1.29, 1.82) is 0 Å². The van der Waals surface area contributed by atoms with Gasteiger partial charge in [0, 0.05) is 13.1 Å². The summed E-state index contributed by atoms with van der Waals surface area (Å²) in [6.07, 6.45) is 5.02. The van der Waals surface area contributed by atoms with E-state index in [4.69, 9.17) is 0 Å². The fourth-order valence-electron chi connectivity index (χ4n) is 3.20. The van der Waals surface area contributed by atoms with Crippen LogP contribution in [0.1, 0.15) is 31.5 Å². The molecule has 1 heterocycles. The van der Waals surface area contributed by atoms with Gasteiger partial charge in [0.15, 0.2) is 0 Å². The smallest absolute Gasteiger partial charge is 0.236 e. The number of benzene rings is 1. The fourth-order valence-corrected chi connectivity index (χ4v) is 3.20. The van der Waals surface area contributed by atoms with Crippen molar-refractivity contribution in [2.45, 2.75) is 38.3 Å². The molecule has 1 N–H and O–H groups in total. The van der Waals surface area contributed by atoms with Gasteiger partial charge in [-0.05, 0) is 32.0 Å². The summed E-state index contributed by atoms with van der Waals surface area (Å²) in [5.41, 5.74) is 1.96. The molecule has 0 aliphatic heterocycles. The number of likely N-dealkylation sites (N-methyl/N-ethyl adjacent to an activating group) is 2. The van der Waals surface area contributed by atoms with Gasteiger partial charge in [0.2, 0.25) is 5.91 Å². The first-order chi connectivity index (χ1) is 10.6. The minimum absolute atomic E-state index is 0.148. The van der Waals surface area contributed by atoms with Gasteiger partial charge < -0.3 is 9.88 Å². The van der Waals surface area contributed by atoms with Crippen LogP contribution < -0.4 is 0 Å². The highest BCUT2D eigenvalue weighted by Crippen LogP contribution is 2.22. The Morgan fingerprint density at radius 2 is 2.00 bits per heavy atom. The SMILES string of the molecule is CN(Cc1nc2ccccc2[nH]1)C(=O)CN(C)C1CCCC1. The maximum atomic E-state index is 12.4. The van der Waals surface area contributed by atoms with Crippen molar-refractivity contribution in [3.63, 3.8) is 0 Å². The van der Waals surface area contributed by atoms with Crippen LogP contribution in [0.5, 0.6) is 0 Å². The number of H-pyrrole nitrogens is 1. The Kier molecular flexibility index (Phi) is 4.43. The van der Waals surface area contributed by atoms with Crippen LogP contribution in [0.3, 0.4) is 0 Å². The molecular weight excluding hydrogens is 276 g/mol. The lowest BCUT2D eigenvalue weighted by atomic mass is 10.2. The van der Waals surface area contributed by atoms with Crippen LogP contribution in [0.15, 0.2) is 24.3 Å². The number of nitrogens with one attached hydrogen (secondary N) is 1. The summed E-state index contributed by atoms with van der Waals surface area (Å²) < 4.78 is 0. The van der Waals surface area contributed by atoms with Crippen molar-refractivity contribution in [3.05, 3.63) is 30.1 Å². The van der Waals surface area contributed by atoms with Gasteiger partial charge in [0.25, 0.3) is 0 Å². The quantitative estimate of drug-likeness (QED) is 0.922. The van der Waals surface area contributed by atoms with Gasteiger partial charge in [-0.3, -0.25) is 9.69 Å². The maximum absolute atomic E-state index is 12.4. The van der Waals surface area contributed by atoms with Crippen molar-refractivity contribution in [1.82, 2.24) is 19.8 Å². The van der Waals surface area contributed by atoms with E-state index in [0.717, 1.165) is 16.9 Å². The first-order valence-corrected chi connectivity index (χ1v) is 8.01. The van der Waals surface area contributed by atoms with E-state index in [-0.39, 0.29) is 5.91 Å². The molecule has 1 aliphatic carbocycles. The van der Waals surface area contributed by atoms with Gasteiger partial charge in [-0.15, -0.1) is 0 Å². The average molecular weight is 300 g/mol. The molecule has 5 heteroatoms. The van der Waals surface area contributed by atoms with E-state index >= 15 is 0 Å². The number of aromatic nitrogens is 2. The molecule has 0 spiro atoms. The van der Waals surface area contributed by atoms with Crippen molar-refractivity contribution in [3.8, 4) is 0 Å². The number of para-hydroxylation sites is 2. The van der Waals surface area contributed by atoms with E-state index in [1.165, 1.54) is 25.7 Å². The highest BCUT2D eigenvalue weighted by atomic mass is 16.2. The molecule has 2 aromatic rings. The van der Waals surface area contributed by atoms with Crippen LogP contribution >= 0.6 is 0 Å². The second kappa shape index (κ2) is 6.48. The third kappa shape index (κ3) is 3.30. The van der Waals surface area contributed by atoms with Crippen LogP contribution in [0.2, 0.25) is 0 Å². The molecule has 22 heavy (non-hydrogen) atoms. The third-order valence-corrected chi connectivity index (χ3v) is 4.58. The molecule has 0 radical (unpaired) electrons. The molecule has 1 amide bonds. The van der Waals surface area contributed by atoms with E-state index in [2.05, 4.69) is 21.9 Å². The van der Waals surface area contributed by atoms with Gasteiger partial charge in [-0.25, -0.2) is 4.98 Å². The molecule has 0 saturated heterocycles. The Labute approximate surface area is 131 Å². The van der Waals surface area contributed by atoms with Crippen molar-refractivity contribution >= 4 is 16.9 Å². The summed E-state index contributed by atoms with van der Waals surface area (Å²) in [6, 6.07) is 8.50. The molecular formula is C17H24N4O. The predicted molar refractivity (Wildman–Crippen MR) is 87.5 cm³/mol. The number of rotatable bonds is 5. The van der Waals surface area contributed by atoms with Gasteiger partial charge in [0.1, 0.15) is 5.82 Å². The fraction of sp³-hybridized carbons (Fsp3) is 0.529. The minimum Gasteiger partial charge on any atom is -0.340 e. The molecule has 5 nitrogen and oxygen atoms in total. The number of carbonyl (C=O) groups is 1. The number of hydrogen-bond donors (Lipinski definition) is 1. The van der Waals surface area contributed by atoms with Gasteiger partial charge in [-0.2, -0.15) is 0 Å². The predicted octanol–water partition coefficient (Wildman–Crippen LogP) is 2.40. The number of nitrogens with zero attached hydrogens (tertiary/aromatic N) is 3. The van der Waals surface area contributed by atoms with Gasteiger partial charge in [-0.1, -0.05) is 25.0 Å². The van der Waals surface area contributed by atoms with Crippen LogP contribution in [0, 0.1) is 0 Å². The molecule has 0 unspecified atom stereocenters. The molecule has 1 aromatic carbocycles. The van der Waals surface area contributed by atoms with Crippen LogP contribution in [-0.2, 0) is 11.3 Å². The summed E-state index contributed by atoms with van der Waals surface area (Å²) >= 11 is 0. The monoisotopic (exact) mass is 300 g/mol. The van der Waals surface area contributed by atoms with Crippen molar-refractivity contribution in [2.75, 3.05) is 20.6 Å². The molecule has 1 saturated carbocycles. The van der Waals surface area contributed by atoms with Crippen molar-refractivity contribution in [2.24, 2.45) is 0 Å². The first-order valence-electron chi connectivity index (χ1n) is 8.01. The Morgan fingerprint density at radius 1 is 1.27 bits per heavy atom. The Morgan fingerprint density at radius 3 is 2.73 bits per heavy atom. The van der Waals surface area contributed by atoms with Crippen molar-refractivity contribution < 1.29 is 4.79 Å². The van der Waals surface area contributed by atoms with E-state index < -0.39 is 0 Å². The van der Waals surface area contributed by atoms with E-state index in [1.807, 2.05) is 31.3 Å². The molecule has 118 valence electrons. The zero-order valence-corrected chi connectivity index (χ0v) is 13.4. The van der Waals surface area contributed by atoms with Crippen LogP contribution in [0.25, 0.3) is 11.0 Å². The zero-order valence-electron chi connectivity index (χ0n) is 13.4.